The summed E-state index contributed by atoms with van der Waals surface area (Å²) in [5, 5.41) is 0. The van der Waals surface area contributed by atoms with E-state index in [1.165, 1.54) is 44.3 Å². The molecule has 2 saturated carbocycles. The maximum Gasteiger partial charge on any atom is 0.0962 e. The van der Waals surface area contributed by atoms with Crippen LogP contribution in [-0.4, -0.2) is 6.61 Å². The summed E-state index contributed by atoms with van der Waals surface area (Å²) >= 11 is 0. The third kappa shape index (κ3) is 2.19. The Hall–Kier alpha value is -0.980. The normalized spacial score (nSPS) is 45.8. The van der Waals surface area contributed by atoms with Gasteiger partial charge in [-0.05, 0) is 92.6 Å². The quantitative estimate of drug-likeness (QED) is 0.532. The minimum atomic E-state index is 0.392. The Kier molecular flexibility index (Phi) is 3.97. The maximum absolute atomic E-state index is 5.84. The van der Waals surface area contributed by atoms with E-state index in [1.807, 2.05) is 0 Å². The second-order valence-corrected chi connectivity index (χ2v) is 9.04. The van der Waals surface area contributed by atoms with Crippen molar-refractivity contribution in [2.24, 2.45) is 28.6 Å². The van der Waals surface area contributed by atoms with Crippen molar-refractivity contribution < 1.29 is 4.74 Å². The Balaban J connectivity index is 1.66. The fourth-order valence-corrected chi connectivity index (χ4v) is 6.92. The molecule has 0 N–H and O–H groups in total. The zero-order valence-corrected chi connectivity index (χ0v) is 16.0. The number of allylic oxidation sites excluding steroid dienone is 6. The Bertz CT molecular complexity index is 610. The fourth-order valence-electron chi connectivity index (χ4n) is 6.92. The van der Waals surface area contributed by atoms with Gasteiger partial charge in [-0.15, -0.1) is 0 Å². The molecule has 0 aliphatic heterocycles. The zero-order valence-electron chi connectivity index (χ0n) is 16.0. The van der Waals surface area contributed by atoms with Gasteiger partial charge in [-0.1, -0.05) is 31.6 Å². The van der Waals surface area contributed by atoms with Gasteiger partial charge in [0.1, 0.15) is 0 Å². The minimum absolute atomic E-state index is 0.392. The summed E-state index contributed by atoms with van der Waals surface area (Å²) in [6.45, 7) is 10.3. The standard InChI is InChI=1S/C23H34O/c1-5-16-8-10-20-19-9-7-17-15-18(24-6-2)11-13-23(17,4)21(19)12-14-22(16,20)3/h5,7,15,19-21H,6,8-14H2,1-4H3/b16-5+/t19?,20?,21?,22-,23+/m0/s1. The molecule has 4 aliphatic rings. The highest BCUT2D eigenvalue weighted by atomic mass is 16.5. The molecule has 1 nitrogen and oxygen atoms in total. The highest BCUT2D eigenvalue weighted by Crippen LogP contribution is 2.65. The van der Waals surface area contributed by atoms with Gasteiger partial charge in [0, 0.05) is 6.42 Å². The van der Waals surface area contributed by atoms with Crippen LogP contribution in [0.25, 0.3) is 0 Å². The smallest absolute Gasteiger partial charge is 0.0962 e. The predicted molar refractivity (Wildman–Crippen MR) is 101 cm³/mol. The molecule has 2 fully saturated rings. The van der Waals surface area contributed by atoms with Gasteiger partial charge in [-0.3, -0.25) is 0 Å². The van der Waals surface area contributed by atoms with Crippen LogP contribution in [0.2, 0.25) is 0 Å². The van der Waals surface area contributed by atoms with Gasteiger partial charge >= 0.3 is 0 Å². The van der Waals surface area contributed by atoms with Crippen molar-refractivity contribution in [3.8, 4) is 0 Å². The molecule has 4 aliphatic carbocycles. The molecule has 1 heteroatoms. The van der Waals surface area contributed by atoms with E-state index in [-0.39, 0.29) is 0 Å². The van der Waals surface area contributed by atoms with E-state index in [1.54, 1.807) is 11.1 Å². The van der Waals surface area contributed by atoms with Crippen LogP contribution in [0.1, 0.15) is 72.6 Å². The molecule has 0 radical (unpaired) electrons. The van der Waals surface area contributed by atoms with Gasteiger partial charge in [0.05, 0.1) is 12.4 Å². The van der Waals surface area contributed by atoms with Gasteiger partial charge in [0.15, 0.2) is 0 Å². The molecule has 0 aromatic rings. The lowest BCUT2D eigenvalue weighted by Gasteiger charge is -2.56. The van der Waals surface area contributed by atoms with Gasteiger partial charge in [-0.2, -0.15) is 0 Å². The van der Waals surface area contributed by atoms with Crippen molar-refractivity contribution >= 4 is 0 Å². The van der Waals surface area contributed by atoms with E-state index in [0.29, 0.717) is 10.8 Å². The Morgan fingerprint density at radius 2 is 1.92 bits per heavy atom. The third-order valence-electron chi connectivity index (χ3n) is 8.26. The molecule has 0 aromatic carbocycles. The lowest BCUT2D eigenvalue weighted by molar-refractivity contribution is -0.00881. The molecule has 0 spiro atoms. The van der Waals surface area contributed by atoms with Crippen LogP contribution in [0.3, 0.4) is 0 Å². The Morgan fingerprint density at radius 3 is 2.67 bits per heavy atom. The number of hydrogen-bond acceptors (Lipinski definition) is 1. The Morgan fingerprint density at radius 1 is 1.12 bits per heavy atom. The van der Waals surface area contributed by atoms with E-state index < -0.39 is 0 Å². The van der Waals surface area contributed by atoms with Crippen molar-refractivity contribution in [1.29, 1.82) is 0 Å². The number of ether oxygens (including phenoxy) is 1. The topological polar surface area (TPSA) is 9.23 Å². The molecular formula is C23H34O. The van der Waals surface area contributed by atoms with Crippen LogP contribution in [0, 0.1) is 28.6 Å². The summed E-state index contributed by atoms with van der Waals surface area (Å²) in [6, 6.07) is 0. The van der Waals surface area contributed by atoms with Crippen LogP contribution in [0.15, 0.2) is 35.1 Å². The molecule has 0 amide bonds. The fraction of sp³-hybridized carbons (Fsp3) is 0.739. The number of hydrogen-bond donors (Lipinski definition) is 0. The van der Waals surface area contributed by atoms with Gasteiger partial charge in [-0.25, -0.2) is 0 Å². The average molecular weight is 327 g/mol. The van der Waals surface area contributed by atoms with Gasteiger partial charge in [0.2, 0.25) is 0 Å². The second kappa shape index (κ2) is 5.78. The molecule has 24 heavy (non-hydrogen) atoms. The van der Waals surface area contributed by atoms with E-state index in [0.717, 1.165) is 30.8 Å². The lowest BCUT2D eigenvalue weighted by atomic mass is 9.48. The molecule has 5 atom stereocenters. The van der Waals surface area contributed by atoms with Crippen molar-refractivity contribution in [3.05, 3.63) is 35.1 Å². The first-order valence-corrected chi connectivity index (χ1v) is 10.2. The number of fused-ring (bicyclic) bond motifs is 5. The largest absolute Gasteiger partial charge is 0.498 e. The third-order valence-corrected chi connectivity index (χ3v) is 8.26. The van der Waals surface area contributed by atoms with Gasteiger partial charge < -0.3 is 4.74 Å². The summed E-state index contributed by atoms with van der Waals surface area (Å²) < 4.78 is 5.84. The molecule has 0 aromatic heterocycles. The predicted octanol–water partition coefficient (Wildman–Crippen LogP) is 6.43. The molecule has 0 saturated heterocycles. The minimum Gasteiger partial charge on any atom is -0.498 e. The van der Waals surface area contributed by atoms with Crippen LogP contribution < -0.4 is 0 Å². The summed E-state index contributed by atoms with van der Waals surface area (Å²) in [7, 11) is 0. The molecule has 0 bridgehead atoms. The second-order valence-electron chi connectivity index (χ2n) is 9.04. The van der Waals surface area contributed by atoms with E-state index in [2.05, 4.69) is 45.9 Å². The molecule has 132 valence electrons. The monoisotopic (exact) mass is 326 g/mol. The first-order valence-electron chi connectivity index (χ1n) is 10.2. The number of rotatable bonds is 2. The maximum atomic E-state index is 5.84. The first kappa shape index (κ1) is 16.5. The molecular weight excluding hydrogens is 292 g/mol. The highest BCUT2D eigenvalue weighted by Gasteiger charge is 2.56. The Labute approximate surface area is 148 Å². The summed E-state index contributed by atoms with van der Waals surface area (Å²) in [6.07, 6.45) is 16.7. The van der Waals surface area contributed by atoms with Crippen molar-refractivity contribution in [2.45, 2.75) is 72.6 Å². The van der Waals surface area contributed by atoms with E-state index >= 15 is 0 Å². The summed E-state index contributed by atoms with van der Waals surface area (Å²) in [4.78, 5) is 0. The first-order chi connectivity index (χ1) is 11.5. The van der Waals surface area contributed by atoms with Crippen LogP contribution in [0.5, 0.6) is 0 Å². The van der Waals surface area contributed by atoms with Gasteiger partial charge in [0.25, 0.3) is 0 Å². The van der Waals surface area contributed by atoms with Crippen molar-refractivity contribution in [3.63, 3.8) is 0 Å². The van der Waals surface area contributed by atoms with E-state index in [4.69, 9.17) is 4.74 Å². The molecule has 4 rings (SSSR count). The SMILES string of the molecule is C/C=C1\CCC2C3CC=C4C=C(OCC)CC[C@@]4(C)C3CC[C@@]12C. The van der Waals surface area contributed by atoms with E-state index in [9.17, 15) is 0 Å². The van der Waals surface area contributed by atoms with Crippen LogP contribution in [-0.2, 0) is 4.74 Å². The van der Waals surface area contributed by atoms with Crippen LogP contribution in [0.4, 0.5) is 0 Å². The van der Waals surface area contributed by atoms with Crippen molar-refractivity contribution in [2.75, 3.05) is 6.61 Å². The average Bonchev–Trinajstić information content (AvgIpc) is 2.92. The molecule has 3 unspecified atom stereocenters. The summed E-state index contributed by atoms with van der Waals surface area (Å²) in [5.74, 6) is 3.91. The van der Waals surface area contributed by atoms with Crippen LogP contribution >= 0.6 is 0 Å². The lowest BCUT2D eigenvalue weighted by Crippen LogP contribution is -2.48. The molecule has 0 heterocycles. The van der Waals surface area contributed by atoms with Crippen molar-refractivity contribution in [1.82, 2.24) is 0 Å². The summed E-state index contributed by atoms with van der Waals surface area (Å²) in [5.41, 5.74) is 4.24. The zero-order chi connectivity index (χ0) is 16.9. The highest BCUT2D eigenvalue weighted by molar-refractivity contribution is 5.36.